The number of thiophene rings is 1. The van der Waals surface area contributed by atoms with Crippen molar-refractivity contribution in [3.05, 3.63) is 21.3 Å². The summed E-state index contributed by atoms with van der Waals surface area (Å²) in [6.07, 6.45) is 0. The Bertz CT molecular complexity index is 405. The standard InChI is InChI=1S/C9H9ClN2O2S/c10-6-1-4-15-8(6)9(14)12-3-2-11-7(13)5-12/h1,4H,2-3,5H2,(H,11,13). The molecule has 1 aromatic heterocycles. The molecular formula is C9H9ClN2O2S. The summed E-state index contributed by atoms with van der Waals surface area (Å²) in [4.78, 5) is 25.0. The average Bonchev–Trinajstić information content (AvgIpc) is 2.63. The number of halogens is 1. The molecule has 0 spiro atoms. The van der Waals surface area contributed by atoms with Crippen LogP contribution in [0.3, 0.4) is 0 Å². The van der Waals surface area contributed by atoms with Crippen LogP contribution in [0.5, 0.6) is 0 Å². The van der Waals surface area contributed by atoms with Crippen molar-refractivity contribution in [3.63, 3.8) is 0 Å². The molecule has 2 amide bonds. The van der Waals surface area contributed by atoms with Crippen LogP contribution in [0, 0.1) is 0 Å². The van der Waals surface area contributed by atoms with E-state index in [1.807, 2.05) is 0 Å². The van der Waals surface area contributed by atoms with E-state index in [4.69, 9.17) is 11.6 Å². The molecule has 0 aliphatic carbocycles. The third-order valence-corrected chi connectivity index (χ3v) is 3.47. The van der Waals surface area contributed by atoms with Crippen molar-refractivity contribution in [1.29, 1.82) is 0 Å². The molecule has 2 heterocycles. The van der Waals surface area contributed by atoms with E-state index in [2.05, 4.69) is 5.32 Å². The molecule has 0 aromatic carbocycles. The van der Waals surface area contributed by atoms with E-state index in [0.29, 0.717) is 23.0 Å². The Morgan fingerprint density at radius 1 is 1.60 bits per heavy atom. The van der Waals surface area contributed by atoms with Gasteiger partial charge in [0.25, 0.3) is 5.91 Å². The minimum absolute atomic E-state index is 0.118. The Hall–Kier alpha value is -1.07. The second-order valence-corrected chi connectivity index (χ2v) is 4.50. The molecule has 6 heteroatoms. The number of carbonyl (C=O) groups is 2. The van der Waals surface area contributed by atoms with Crippen LogP contribution in [0.15, 0.2) is 11.4 Å². The molecule has 0 atom stereocenters. The zero-order chi connectivity index (χ0) is 10.8. The highest BCUT2D eigenvalue weighted by molar-refractivity contribution is 7.12. The smallest absolute Gasteiger partial charge is 0.265 e. The third kappa shape index (κ3) is 2.13. The fourth-order valence-electron chi connectivity index (χ4n) is 1.40. The number of hydrogen-bond donors (Lipinski definition) is 1. The predicted octanol–water partition coefficient (Wildman–Crippen LogP) is 0.974. The molecule has 1 aliphatic heterocycles. The fraction of sp³-hybridized carbons (Fsp3) is 0.333. The van der Waals surface area contributed by atoms with Crippen molar-refractivity contribution in [1.82, 2.24) is 10.2 Å². The van der Waals surface area contributed by atoms with E-state index in [9.17, 15) is 9.59 Å². The number of rotatable bonds is 1. The first-order chi connectivity index (χ1) is 7.18. The SMILES string of the molecule is O=C1CN(C(=O)c2sccc2Cl)CCN1. The molecule has 4 nitrogen and oxygen atoms in total. The van der Waals surface area contributed by atoms with Gasteiger partial charge in [-0.3, -0.25) is 9.59 Å². The highest BCUT2D eigenvalue weighted by Crippen LogP contribution is 2.23. The molecule has 15 heavy (non-hydrogen) atoms. The number of hydrogen-bond acceptors (Lipinski definition) is 3. The molecular weight excluding hydrogens is 236 g/mol. The van der Waals surface area contributed by atoms with Gasteiger partial charge >= 0.3 is 0 Å². The third-order valence-electron chi connectivity index (χ3n) is 2.14. The summed E-state index contributed by atoms with van der Waals surface area (Å²) in [7, 11) is 0. The number of nitrogens with one attached hydrogen (secondary N) is 1. The second-order valence-electron chi connectivity index (χ2n) is 3.17. The Morgan fingerprint density at radius 2 is 2.40 bits per heavy atom. The van der Waals surface area contributed by atoms with E-state index in [-0.39, 0.29) is 18.4 Å². The Morgan fingerprint density at radius 3 is 3.00 bits per heavy atom. The maximum atomic E-state index is 11.9. The van der Waals surface area contributed by atoms with Gasteiger partial charge < -0.3 is 10.2 Å². The monoisotopic (exact) mass is 244 g/mol. The predicted molar refractivity (Wildman–Crippen MR) is 58.2 cm³/mol. The summed E-state index contributed by atoms with van der Waals surface area (Å²) in [6.45, 7) is 1.17. The van der Waals surface area contributed by atoms with Gasteiger partial charge in [0.1, 0.15) is 4.88 Å². The first-order valence-electron chi connectivity index (χ1n) is 4.47. The lowest BCUT2D eigenvalue weighted by Crippen LogP contribution is -2.49. The minimum Gasteiger partial charge on any atom is -0.353 e. The summed E-state index contributed by atoms with van der Waals surface area (Å²) in [5, 5.41) is 4.88. The van der Waals surface area contributed by atoms with Gasteiger partial charge in [-0.05, 0) is 11.4 Å². The lowest BCUT2D eigenvalue weighted by atomic mass is 10.3. The van der Waals surface area contributed by atoms with Crippen LogP contribution < -0.4 is 5.32 Å². The van der Waals surface area contributed by atoms with Gasteiger partial charge in [0.05, 0.1) is 11.6 Å². The van der Waals surface area contributed by atoms with Gasteiger partial charge in [0.15, 0.2) is 0 Å². The number of nitrogens with zero attached hydrogens (tertiary/aromatic N) is 1. The maximum absolute atomic E-state index is 11.9. The Kier molecular flexibility index (Phi) is 2.93. The fourth-order valence-corrected chi connectivity index (χ4v) is 2.50. The van der Waals surface area contributed by atoms with Gasteiger partial charge in [-0.1, -0.05) is 11.6 Å². The summed E-state index contributed by atoms with van der Waals surface area (Å²) in [5.41, 5.74) is 0. The molecule has 1 saturated heterocycles. The van der Waals surface area contributed by atoms with Gasteiger partial charge in [-0.15, -0.1) is 11.3 Å². The highest BCUT2D eigenvalue weighted by Gasteiger charge is 2.24. The van der Waals surface area contributed by atoms with Crippen molar-refractivity contribution in [2.45, 2.75) is 0 Å². The summed E-state index contributed by atoms with van der Waals surface area (Å²) < 4.78 is 0. The van der Waals surface area contributed by atoms with Crippen molar-refractivity contribution in [3.8, 4) is 0 Å². The van der Waals surface area contributed by atoms with E-state index in [0.717, 1.165) is 0 Å². The molecule has 0 bridgehead atoms. The van der Waals surface area contributed by atoms with Crippen LogP contribution >= 0.6 is 22.9 Å². The Labute approximate surface area is 95.8 Å². The average molecular weight is 245 g/mol. The van der Waals surface area contributed by atoms with Crippen LogP contribution in [0.25, 0.3) is 0 Å². The van der Waals surface area contributed by atoms with Gasteiger partial charge in [-0.2, -0.15) is 0 Å². The van der Waals surface area contributed by atoms with E-state index >= 15 is 0 Å². The minimum atomic E-state index is -0.162. The molecule has 80 valence electrons. The highest BCUT2D eigenvalue weighted by atomic mass is 35.5. The molecule has 2 rings (SSSR count). The first kappa shape index (κ1) is 10.4. The lowest BCUT2D eigenvalue weighted by Gasteiger charge is -2.26. The summed E-state index contributed by atoms with van der Waals surface area (Å²) >= 11 is 7.15. The number of piperazine rings is 1. The normalized spacial score (nSPS) is 16.3. The quantitative estimate of drug-likeness (QED) is 0.801. The van der Waals surface area contributed by atoms with Crippen molar-refractivity contribution in [2.24, 2.45) is 0 Å². The molecule has 1 aromatic rings. The molecule has 0 saturated carbocycles. The van der Waals surface area contributed by atoms with Crippen LogP contribution in [0.1, 0.15) is 9.67 Å². The van der Waals surface area contributed by atoms with Crippen LogP contribution in [-0.2, 0) is 4.79 Å². The van der Waals surface area contributed by atoms with E-state index in [1.54, 1.807) is 11.4 Å². The van der Waals surface area contributed by atoms with Gasteiger partial charge in [0, 0.05) is 13.1 Å². The molecule has 1 fully saturated rings. The number of carbonyl (C=O) groups excluding carboxylic acids is 2. The zero-order valence-corrected chi connectivity index (χ0v) is 9.40. The van der Waals surface area contributed by atoms with Crippen molar-refractivity contribution < 1.29 is 9.59 Å². The molecule has 0 radical (unpaired) electrons. The second kappa shape index (κ2) is 4.20. The van der Waals surface area contributed by atoms with Gasteiger partial charge in [-0.25, -0.2) is 0 Å². The van der Waals surface area contributed by atoms with Crippen LogP contribution in [0.2, 0.25) is 5.02 Å². The van der Waals surface area contributed by atoms with Gasteiger partial charge in [0.2, 0.25) is 5.91 Å². The lowest BCUT2D eigenvalue weighted by molar-refractivity contribution is -0.123. The summed E-state index contributed by atoms with van der Waals surface area (Å²) in [6, 6.07) is 1.68. The van der Waals surface area contributed by atoms with E-state index < -0.39 is 0 Å². The first-order valence-corrected chi connectivity index (χ1v) is 5.73. The maximum Gasteiger partial charge on any atom is 0.265 e. The Balaban J connectivity index is 2.14. The largest absolute Gasteiger partial charge is 0.353 e. The molecule has 1 N–H and O–H groups in total. The number of amides is 2. The zero-order valence-electron chi connectivity index (χ0n) is 7.83. The van der Waals surface area contributed by atoms with Crippen molar-refractivity contribution in [2.75, 3.05) is 19.6 Å². The van der Waals surface area contributed by atoms with Crippen LogP contribution in [0.4, 0.5) is 0 Å². The molecule has 0 unspecified atom stereocenters. The van der Waals surface area contributed by atoms with E-state index in [1.165, 1.54) is 16.2 Å². The van der Waals surface area contributed by atoms with Crippen LogP contribution in [-0.4, -0.2) is 36.3 Å². The van der Waals surface area contributed by atoms with Crippen molar-refractivity contribution >= 4 is 34.8 Å². The summed E-state index contributed by atoms with van der Waals surface area (Å²) in [5.74, 6) is -0.285. The molecule has 1 aliphatic rings. The topological polar surface area (TPSA) is 49.4 Å².